The van der Waals surface area contributed by atoms with Crippen LogP contribution in [0.15, 0.2) is 134 Å². The van der Waals surface area contributed by atoms with Crippen LogP contribution in [-0.2, 0) is 33.2 Å². The predicted molar refractivity (Wildman–Crippen MR) is 480 cm³/mol. The van der Waals surface area contributed by atoms with Gasteiger partial charge >= 0.3 is 0 Å². The van der Waals surface area contributed by atoms with Crippen molar-refractivity contribution in [1.82, 2.24) is 5.32 Å². The maximum atomic E-state index is 13.5. The minimum absolute atomic E-state index is 0.226. The highest BCUT2D eigenvalue weighted by molar-refractivity contribution is 5.76. The summed E-state index contributed by atoms with van der Waals surface area (Å²) in [4.78, 5) is 13.5. The summed E-state index contributed by atoms with van der Waals surface area (Å²) in [7, 11) is 0. The van der Waals surface area contributed by atoms with E-state index in [-0.39, 0.29) is 18.9 Å². The van der Waals surface area contributed by atoms with Crippen LogP contribution in [0.25, 0.3) is 0 Å². The van der Waals surface area contributed by atoms with Crippen LogP contribution in [0, 0.1) is 0 Å². The van der Waals surface area contributed by atoms with Crippen molar-refractivity contribution >= 4 is 5.91 Å². The number of aliphatic hydroxyl groups is 11. The summed E-state index contributed by atoms with van der Waals surface area (Å²) in [6.45, 7) is 1.63. The monoisotopic (exact) mass is 1660 g/mol. The van der Waals surface area contributed by atoms with Crippen LogP contribution in [0.4, 0.5) is 0 Å². The Morgan fingerprint density at radius 3 is 0.949 bits per heavy atom. The van der Waals surface area contributed by atoms with Crippen LogP contribution >= 0.6 is 0 Å². The molecule has 3 aliphatic heterocycles. The van der Waals surface area contributed by atoms with E-state index in [0.29, 0.717) is 12.8 Å². The van der Waals surface area contributed by atoms with Gasteiger partial charge in [-0.05, 0) is 109 Å². The zero-order valence-corrected chi connectivity index (χ0v) is 73.6. The summed E-state index contributed by atoms with van der Waals surface area (Å²) in [5.41, 5.74) is 0. The quantitative estimate of drug-likeness (QED) is 0.0199. The Bertz CT molecular complexity index is 2650. The van der Waals surface area contributed by atoms with E-state index < -0.39 is 124 Å². The standard InChI is InChI=1S/C99H171NO18/c1-3-5-7-9-11-13-15-17-19-21-23-25-27-29-31-33-35-37-38-39-40-41-42-43-44-45-47-49-51-53-55-57-59-61-63-65-67-69-71-73-75-77-87(105)100-82(83(104)76-74-72-70-68-66-64-62-60-58-56-54-52-50-48-46-36-34-32-30-28-26-24-22-20-18-16-14-12-10-8-6-4-2)81-113-97-93(111)90(108)95(85(79-102)115-97)118-99-94(112)91(109)96(86(80-103)116-99)117-98-92(110)89(107)88(106)84(78-101)114-98/h5,7,11,13,17,19,23,25,29,31,35,37,39-40,42-43,58,60,66,68,74,76,82-86,88-99,101-104,106-112H,3-4,6,8-10,12,14-16,18,20-22,24,26-28,30,32-34,36,38,41,44-57,59,61-65,67,69-73,75,77-81H2,1-2H3,(H,100,105)/b7-5-,13-11-,19-17-,25-23-,31-29-,37-35-,40-39-,43-42-,60-58+,68-66+,76-74+. The molecular formula is C99H171NO18. The van der Waals surface area contributed by atoms with Crippen molar-refractivity contribution in [2.75, 3.05) is 26.4 Å². The number of ether oxygens (including phenoxy) is 6. The number of aliphatic hydroxyl groups excluding tert-OH is 11. The van der Waals surface area contributed by atoms with Gasteiger partial charge < -0.3 is 89.9 Å². The Balaban J connectivity index is 1.32. The average Bonchev–Trinajstić information content (AvgIpc) is 0.777. The van der Waals surface area contributed by atoms with Gasteiger partial charge in [0.1, 0.15) is 73.2 Å². The zero-order chi connectivity index (χ0) is 85.2. The Kier molecular flexibility index (Phi) is 70.2. The molecule has 19 nitrogen and oxygen atoms in total. The Morgan fingerprint density at radius 2 is 0.593 bits per heavy atom. The second-order valence-electron chi connectivity index (χ2n) is 33.1. The van der Waals surface area contributed by atoms with E-state index in [1.807, 2.05) is 6.08 Å². The first-order chi connectivity index (χ1) is 57.8. The summed E-state index contributed by atoms with van der Waals surface area (Å²) >= 11 is 0. The van der Waals surface area contributed by atoms with Gasteiger partial charge in [-0.2, -0.15) is 0 Å². The van der Waals surface area contributed by atoms with E-state index >= 15 is 0 Å². The van der Waals surface area contributed by atoms with Crippen LogP contribution in [0.3, 0.4) is 0 Å². The molecule has 19 heteroatoms. The molecule has 3 rings (SSSR count). The third-order valence-electron chi connectivity index (χ3n) is 22.7. The number of carbonyl (C=O) groups is 1. The molecule has 0 aliphatic carbocycles. The lowest BCUT2D eigenvalue weighted by molar-refractivity contribution is -0.379. The minimum Gasteiger partial charge on any atom is -0.394 e. The third-order valence-corrected chi connectivity index (χ3v) is 22.7. The van der Waals surface area contributed by atoms with Crippen molar-refractivity contribution in [3.8, 4) is 0 Å². The summed E-state index contributed by atoms with van der Waals surface area (Å²) in [5.74, 6) is -0.289. The van der Waals surface area contributed by atoms with Gasteiger partial charge in [-0.15, -0.1) is 0 Å². The van der Waals surface area contributed by atoms with Crippen LogP contribution in [0.5, 0.6) is 0 Å². The number of hydrogen-bond acceptors (Lipinski definition) is 18. The first kappa shape index (κ1) is 108. The number of hydrogen-bond donors (Lipinski definition) is 12. The molecule has 17 unspecified atom stereocenters. The van der Waals surface area contributed by atoms with E-state index in [1.54, 1.807) is 6.08 Å². The smallest absolute Gasteiger partial charge is 0.220 e. The highest BCUT2D eigenvalue weighted by Gasteiger charge is 2.54. The molecule has 0 aromatic heterocycles. The Labute approximate surface area is 715 Å². The lowest BCUT2D eigenvalue weighted by Crippen LogP contribution is -2.66. The molecule has 0 radical (unpaired) electrons. The fourth-order valence-electron chi connectivity index (χ4n) is 15.2. The molecule has 3 aliphatic rings. The molecule has 118 heavy (non-hydrogen) atoms. The lowest BCUT2D eigenvalue weighted by Gasteiger charge is -2.48. The van der Waals surface area contributed by atoms with Crippen molar-refractivity contribution in [3.63, 3.8) is 0 Å². The van der Waals surface area contributed by atoms with E-state index in [4.69, 9.17) is 28.4 Å². The molecule has 17 atom stereocenters. The van der Waals surface area contributed by atoms with Crippen LogP contribution in [-0.4, -0.2) is 193 Å². The topological polar surface area (TPSA) is 307 Å². The summed E-state index contributed by atoms with van der Waals surface area (Å²) < 4.78 is 34.5. The molecule has 0 bridgehead atoms. The number of nitrogens with one attached hydrogen (secondary N) is 1. The van der Waals surface area contributed by atoms with E-state index in [1.165, 1.54) is 225 Å². The molecule has 0 aromatic rings. The second kappa shape index (κ2) is 76.6. The number of amides is 1. The average molecular weight is 1660 g/mol. The van der Waals surface area contributed by atoms with Gasteiger partial charge in [0.25, 0.3) is 0 Å². The van der Waals surface area contributed by atoms with Gasteiger partial charge in [-0.1, -0.05) is 372 Å². The zero-order valence-electron chi connectivity index (χ0n) is 73.6. The summed E-state index contributed by atoms with van der Waals surface area (Å²) in [6, 6.07) is -1.01. The molecule has 0 spiro atoms. The Hall–Kier alpha value is -4.07. The first-order valence-corrected chi connectivity index (χ1v) is 47.4. The van der Waals surface area contributed by atoms with Crippen molar-refractivity contribution in [1.29, 1.82) is 0 Å². The highest BCUT2D eigenvalue weighted by Crippen LogP contribution is 2.34. The first-order valence-electron chi connectivity index (χ1n) is 47.4. The fraction of sp³-hybridized carbons (Fsp3) is 0.768. The van der Waals surface area contributed by atoms with E-state index in [9.17, 15) is 61.0 Å². The van der Waals surface area contributed by atoms with Crippen molar-refractivity contribution in [2.24, 2.45) is 0 Å². The summed E-state index contributed by atoms with van der Waals surface area (Å²) in [5, 5.41) is 121. The number of carbonyl (C=O) groups excluding carboxylic acids is 1. The van der Waals surface area contributed by atoms with Gasteiger partial charge in [-0.25, -0.2) is 0 Å². The largest absolute Gasteiger partial charge is 0.394 e. The molecule has 0 aromatic carbocycles. The molecular weight excluding hydrogens is 1490 g/mol. The van der Waals surface area contributed by atoms with Crippen molar-refractivity contribution < 1.29 is 89.4 Å². The van der Waals surface area contributed by atoms with Crippen molar-refractivity contribution in [2.45, 2.75) is 458 Å². The van der Waals surface area contributed by atoms with Gasteiger partial charge in [0.15, 0.2) is 18.9 Å². The fourth-order valence-corrected chi connectivity index (χ4v) is 15.2. The van der Waals surface area contributed by atoms with Gasteiger partial charge in [-0.3, -0.25) is 4.79 Å². The molecule has 3 heterocycles. The molecule has 1 amide bonds. The number of unbranched alkanes of at least 4 members (excludes halogenated alkanes) is 40. The maximum Gasteiger partial charge on any atom is 0.220 e. The van der Waals surface area contributed by atoms with Crippen LogP contribution in [0.1, 0.15) is 354 Å². The molecule has 3 saturated heterocycles. The number of rotatable bonds is 76. The Morgan fingerprint density at radius 1 is 0.314 bits per heavy atom. The second-order valence-corrected chi connectivity index (χ2v) is 33.1. The summed E-state index contributed by atoms with van der Waals surface area (Å²) in [6.07, 6.45) is 84.7. The number of allylic oxidation sites excluding steroid dienone is 21. The van der Waals surface area contributed by atoms with Gasteiger partial charge in [0.2, 0.25) is 5.91 Å². The predicted octanol–water partition coefficient (Wildman–Crippen LogP) is 19.1. The molecule has 3 fully saturated rings. The van der Waals surface area contributed by atoms with Gasteiger partial charge in [0, 0.05) is 6.42 Å². The van der Waals surface area contributed by atoms with Crippen molar-refractivity contribution in [3.05, 3.63) is 134 Å². The molecule has 0 saturated carbocycles. The van der Waals surface area contributed by atoms with E-state index in [2.05, 4.69) is 141 Å². The molecule has 680 valence electrons. The molecule has 12 N–H and O–H groups in total. The van der Waals surface area contributed by atoms with Crippen LogP contribution < -0.4 is 5.32 Å². The van der Waals surface area contributed by atoms with Gasteiger partial charge in [0.05, 0.1) is 38.6 Å². The maximum absolute atomic E-state index is 13.5. The SMILES string of the molecule is CC/C=C\C/C=C\C/C=C\C/C=C\C/C=C\C/C=C\C/C=C\C/C=C\CCCCCCCCCCCCCCCCCCC(=O)NC(COC1OC(CO)C(OC2OC(CO)C(OC3OC(CO)C(O)C(O)C3O)C(O)C2O)C(O)C1O)C(O)/C=C/CC/C=C/CC/C=C/CCCCCCCCCCCCCCCCCCCCCCCC. The van der Waals surface area contributed by atoms with E-state index in [0.717, 1.165) is 96.3 Å². The minimum atomic E-state index is -1.99. The lowest BCUT2D eigenvalue weighted by atomic mass is 9.96. The normalized spacial score (nSPS) is 24.9. The van der Waals surface area contributed by atoms with Crippen LogP contribution in [0.2, 0.25) is 0 Å². The third kappa shape index (κ3) is 53.8. The highest BCUT2D eigenvalue weighted by atomic mass is 16.8.